The molecule has 0 aliphatic rings. The molecule has 4 aromatic rings. The van der Waals surface area contributed by atoms with E-state index in [4.69, 9.17) is 14.0 Å². The highest BCUT2D eigenvalue weighted by Gasteiger charge is 2.14. The van der Waals surface area contributed by atoms with E-state index < -0.39 is 5.97 Å². The fourth-order valence-electron chi connectivity index (χ4n) is 3.77. The van der Waals surface area contributed by atoms with Crippen LogP contribution in [-0.4, -0.2) is 22.7 Å². The van der Waals surface area contributed by atoms with Crippen molar-refractivity contribution in [2.45, 2.75) is 33.3 Å². The van der Waals surface area contributed by atoms with Crippen molar-refractivity contribution in [3.05, 3.63) is 119 Å². The van der Waals surface area contributed by atoms with Crippen LogP contribution in [0.5, 0.6) is 5.75 Å². The quantitative estimate of drug-likeness (QED) is 0.186. The van der Waals surface area contributed by atoms with Crippen molar-refractivity contribution in [2.24, 2.45) is 0 Å². The fraction of sp³-hybridized carbons (Fsp3) is 0.200. The second-order valence-corrected chi connectivity index (χ2v) is 8.59. The van der Waals surface area contributed by atoms with Gasteiger partial charge in [-0.05, 0) is 49.2 Å². The maximum atomic E-state index is 11.8. The van der Waals surface area contributed by atoms with Crippen LogP contribution in [0.2, 0.25) is 0 Å². The lowest BCUT2D eigenvalue weighted by atomic mass is 10.0. The van der Waals surface area contributed by atoms with Gasteiger partial charge in [-0.2, -0.15) is 0 Å². The Kier molecular flexibility index (Phi) is 8.73. The summed E-state index contributed by atoms with van der Waals surface area (Å²) in [5.74, 6) is 1.10. The highest BCUT2D eigenvalue weighted by molar-refractivity contribution is 5.87. The molecule has 3 aromatic carbocycles. The van der Waals surface area contributed by atoms with Gasteiger partial charge in [0.1, 0.15) is 11.5 Å². The number of nitrogens with zero attached hydrogens (tertiary/aromatic N) is 1. The summed E-state index contributed by atoms with van der Waals surface area (Å²) < 4.78 is 11.7. The van der Waals surface area contributed by atoms with Gasteiger partial charge in [-0.3, -0.25) is 10.3 Å². The molecule has 0 saturated heterocycles. The predicted molar refractivity (Wildman–Crippen MR) is 141 cm³/mol. The number of ether oxygens (including phenoxy) is 1. The van der Waals surface area contributed by atoms with Crippen LogP contribution < -0.4 is 10.2 Å². The Labute approximate surface area is 216 Å². The van der Waals surface area contributed by atoms with Gasteiger partial charge in [0.05, 0.1) is 24.5 Å². The minimum Gasteiger partial charge on any atom is -0.493 e. The summed E-state index contributed by atoms with van der Waals surface area (Å²) in [7, 11) is 0. The fourth-order valence-corrected chi connectivity index (χ4v) is 3.77. The second-order valence-electron chi connectivity index (χ2n) is 8.59. The number of hydrogen-bond acceptors (Lipinski definition) is 6. The molecule has 0 spiro atoms. The molecular weight excluding hydrogens is 468 g/mol. The number of rotatable bonds is 12. The zero-order valence-electron chi connectivity index (χ0n) is 20.9. The van der Waals surface area contributed by atoms with Crippen molar-refractivity contribution in [1.82, 2.24) is 10.5 Å². The first-order chi connectivity index (χ1) is 18.0. The third kappa shape index (κ3) is 7.32. The van der Waals surface area contributed by atoms with E-state index in [1.54, 1.807) is 6.92 Å². The number of allylic oxidation sites excluding steroid dienone is 1. The van der Waals surface area contributed by atoms with E-state index in [0.717, 1.165) is 28.1 Å². The molecule has 0 fully saturated rings. The van der Waals surface area contributed by atoms with Crippen molar-refractivity contribution in [3.8, 4) is 17.2 Å². The van der Waals surface area contributed by atoms with Crippen LogP contribution in [0.4, 0.5) is 0 Å². The van der Waals surface area contributed by atoms with Gasteiger partial charge in [-0.1, -0.05) is 60.7 Å². The van der Waals surface area contributed by atoms with Crippen molar-refractivity contribution in [3.63, 3.8) is 0 Å². The number of aryl methyl sites for hydroxylation is 1. The molecule has 1 aromatic heterocycles. The molecule has 37 heavy (non-hydrogen) atoms. The summed E-state index contributed by atoms with van der Waals surface area (Å²) in [6, 6.07) is 26.9. The van der Waals surface area contributed by atoms with Gasteiger partial charge < -0.3 is 14.3 Å². The third-order valence-electron chi connectivity index (χ3n) is 5.84. The molecule has 0 aliphatic heterocycles. The van der Waals surface area contributed by atoms with Gasteiger partial charge in [-0.15, -0.1) is 0 Å². The highest BCUT2D eigenvalue weighted by Crippen LogP contribution is 2.22. The Morgan fingerprint density at radius 2 is 1.62 bits per heavy atom. The van der Waals surface area contributed by atoms with Crippen molar-refractivity contribution in [1.29, 1.82) is 0 Å². The zero-order chi connectivity index (χ0) is 26.0. The summed E-state index contributed by atoms with van der Waals surface area (Å²) >= 11 is 0. The smallest absolute Gasteiger partial charge is 0.333 e. The summed E-state index contributed by atoms with van der Waals surface area (Å²) in [4.78, 5) is 21.9. The minimum absolute atomic E-state index is 0.234. The maximum absolute atomic E-state index is 11.8. The molecule has 4 rings (SSSR count). The number of aromatic nitrogens is 1. The lowest BCUT2D eigenvalue weighted by molar-refractivity contribution is -0.133. The van der Waals surface area contributed by atoms with Crippen LogP contribution in [0.15, 0.2) is 101 Å². The van der Waals surface area contributed by atoms with Gasteiger partial charge in [0.15, 0.2) is 0 Å². The first kappa shape index (κ1) is 25.7. The number of carboxylic acids is 1. The molecule has 7 heteroatoms. The van der Waals surface area contributed by atoms with Crippen LogP contribution in [-0.2, 0) is 29.1 Å². The van der Waals surface area contributed by atoms with E-state index in [2.05, 4.69) is 10.5 Å². The standard InChI is InChI=1S/C30H30N2O5/c1-21(32-36-20-24-9-5-3-6-10-24)27(30(33)34)19-23-13-15-26(16-14-23)35-18-17-28-22(2)37-29(31-28)25-11-7-4-8-12-25/h3-16,32H,17-20H2,1-2H3,(H,33,34). The van der Waals surface area contributed by atoms with E-state index in [1.165, 1.54) is 0 Å². The summed E-state index contributed by atoms with van der Waals surface area (Å²) in [6.45, 7) is 4.38. The maximum Gasteiger partial charge on any atom is 0.333 e. The largest absolute Gasteiger partial charge is 0.493 e. The van der Waals surface area contributed by atoms with Crippen molar-refractivity contribution in [2.75, 3.05) is 6.61 Å². The lowest BCUT2D eigenvalue weighted by Gasteiger charge is -2.12. The first-order valence-corrected chi connectivity index (χ1v) is 12.1. The molecule has 0 radical (unpaired) electrons. The van der Waals surface area contributed by atoms with Gasteiger partial charge >= 0.3 is 5.97 Å². The van der Waals surface area contributed by atoms with E-state index in [-0.39, 0.29) is 12.0 Å². The van der Waals surface area contributed by atoms with Gasteiger partial charge in [0.25, 0.3) is 0 Å². The van der Waals surface area contributed by atoms with Crippen molar-refractivity contribution < 1.29 is 23.9 Å². The average Bonchev–Trinajstić information content (AvgIpc) is 3.29. The lowest BCUT2D eigenvalue weighted by Crippen LogP contribution is -2.18. The molecular formula is C30H30N2O5. The molecule has 190 valence electrons. The first-order valence-electron chi connectivity index (χ1n) is 12.1. The SMILES string of the molecule is CC(NOCc1ccccc1)=C(Cc1ccc(OCCc2nc(-c3ccccc3)oc2C)cc1)C(=O)O. The molecule has 7 nitrogen and oxygen atoms in total. The number of aliphatic carboxylic acids is 1. The number of oxazole rings is 1. The Hall–Kier alpha value is -4.36. The third-order valence-corrected chi connectivity index (χ3v) is 5.84. The normalized spacial score (nSPS) is 11.6. The Bertz CT molecular complexity index is 1330. The van der Waals surface area contributed by atoms with Crippen LogP contribution in [0.3, 0.4) is 0 Å². The van der Waals surface area contributed by atoms with E-state index in [1.807, 2.05) is 91.9 Å². The summed E-state index contributed by atoms with van der Waals surface area (Å²) in [5, 5.41) is 9.71. The van der Waals surface area contributed by atoms with Crippen LogP contribution in [0.25, 0.3) is 11.5 Å². The van der Waals surface area contributed by atoms with E-state index in [0.29, 0.717) is 37.0 Å². The summed E-state index contributed by atoms with van der Waals surface area (Å²) in [5.41, 5.74) is 7.11. The topological polar surface area (TPSA) is 93.8 Å². The number of hydroxylamine groups is 1. The zero-order valence-corrected chi connectivity index (χ0v) is 20.9. The highest BCUT2D eigenvalue weighted by atomic mass is 16.6. The second kappa shape index (κ2) is 12.6. The monoisotopic (exact) mass is 498 g/mol. The Balaban J connectivity index is 1.29. The molecule has 0 bridgehead atoms. The molecule has 0 aliphatic carbocycles. The molecule has 0 saturated carbocycles. The molecule has 2 N–H and O–H groups in total. The van der Waals surface area contributed by atoms with Gasteiger partial charge in [-0.25, -0.2) is 9.78 Å². The number of benzene rings is 3. The predicted octanol–water partition coefficient (Wildman–Crippen LogP) is 5.89. The minimum atomic E-state index is -0.994. The molecule has 0 amide bonds. The van der Waals surface area contributed by atoms with E-state index >= 15 is 0 Å². The molecule has 1 heterocycles. The average molecular weight is 499 g/mol. The Morgan fingerprint density at radius 1 is 0.946 bits per heavy atom. The van der Waals surface area contributed by atoms with Gasteiger partial charge in [0.2, 0.25) is 5.89 Å². The number of carbonyl (C=O) groups is 1. The van der Waals surface area contributed by atoms with E-state index in [9.17, 15) is 9.90 Å². The van der Waals surface area contributed by atoms with Crippen LogP contribution in [0.1, 0.15) is 29.5 Å². The number of nitrogens with one attached hydrogen (secondary N) is 1. The summed E-state index contributed by atoms with van der Waals surface area (Å²) in [6.07, 6.45) is 0.868. The van der Waals surface area contributed by atoms with Gasteiger partial charge in [0, 0.05) is 24.1 Å². The molecule has 0 unspecified atom stereocenters. The Morgan fingerprint density at radius 3 is 2.30 bits per heavy atom. The number of carboxylic acid groups (broad SMARTS) is 1. The number of hydrogen-bond donors (Lipinski definition) is 2. The van der Waals surface area contributed by atoms with Crippen LogP contribution >= 0.6 is 0 Å². The van der Waals surface area contributed by atoms with Crippen LogP contribution in [0, 0.1) is 6.92 Å². The molecule has 0 atom stereocenters. The van der Waals surface area contributed by atoms with Crippen molar-refractivity contribution >= 4 is 5.97 Å².